The first kappa shape index (κ1) is 8.13. The van der Waals surface area contributed by atoms with Gasteiger partial charge in [0.1, 0.15) is 6.26 Å². The molecule has 0 aromatic carbocycles. The van der Waals surface area contributed by atoms with Crippen molar-refractivity contribution in [2.45, 2.75) is 0 Å². The van der Waals surface area contributed by atoms with E-state index in [1.165, 1.54) is 12.7 Å². The molecule has 1 rings (SSSR count). The first-order valence-electron chi connectivity index (χ1n) is 2.45. The molecule has 1 heterocycles. The Morgan fingerprint density at radius 3 is 2.11 bits per heavy atom. The SMILES string of the molecule is OCCO.c1cocn1. The minimum atomic E-state index is -0.125. The van der Waals surface area contributed by atoms with E-state index >= 15 is 0 Å². The van der Waals surface area contributed by atoms with Gasteiger partial charge in [0, 0.05) is 0 Å². The van der Waals surface area contributed by atoms with Crippen LogP contribution in [0.15, 0.2) is 23.3 Å². The fraction of sp³-hybridized carbons (Fsp3) is 0.400. The Labute approximate surface area is 52.8 Å². The molecule has 1 aromatic rings. The lowest BCUT2D eigenvalue weighted by atomic mass is 10.8. The second-order valence-corrected chi connectivity index (χ2v) is 1.12. The van der Waals surface area contributed by atoms with Crippen LogP contribution in [0.3, 0.4) is 0 Å². The van der Waals surface area contributed by atoms with Crippen LogP contribution in [0, 0.1) is 0 Å². The minimum absolute atomic E-state index is 0.125. The van der Waals surface area contributed by atoms with Gasteiger partial charge in [-0.15, -0.1) is 0 Å². The van der Waals surface area contributed by atoms with Crippen LogP contribution in [-0.4, -0.2) is 28.4 Å². The first-order valence-corrected chi connectivity index (χ1v) is 2.45. The molecule has 0 aliphatic heterocycles. The van der Waals surface area contributed by atoms with Gasteiger partial charge < -0.3 is 14.6 Å². The van der Waals surface area contributed by atoms with Crippen LogP contribution in [0.1, 0.15) is 0 Å². The topological polar surface area (TPSA) is 66.5 Å². The Morgan fingerprint density at radius 2 is 2.00 bits per heavy atom. The maximum atomic E-state index is 7.62. The van der Waals surface area contributed by atoms with Crippen molar-refractivity contribution in [2.75, 3.05) is 13.2 Å². The molecule has 9 heavy (non-hydrogen) atoms. The van der Waals surface area contributed by atoms with Crippen LogP contribution in [0.4, 0.5) is 0 Å². The maximum absolute atomic E-state index is 7.62. The van der Waals surface area contributed by atoms with E-state index in [0.29, 0.717) is 0 Å². The highest BCUT2D eigenvalue weighted by Crippen LogP contribution is 1.72. The third kappa shape index (κ3) is 7.13. The van der Waals surface area contributed by atoms with Crippen LogP contribution < -0.4 is 0 Å². The second kappa shape index (κ2) is 7.13. The lowest BCUT2D eigenvalue weighted by Crippen LogP contribution is -1.85. The number of aromatic nitrogens is 1. The van der Waals surface area contributed by atoms with E-state index in [-0.39, 0.29) is 13.2 Å². The number of aliphatic hydroxyl groups is 2. The van der Waals surface area contributed by atoms with Gasteiger partial charge in [-0.2, -0.15) is 0 Å². The average molecular weight is 131 g/mol. The monoisotopic (exact) mass is 131 g/mol. The van der Waals surface area contributed by atoms with E-state index in [1.54, 1.807) is 6.20 Å². The standard InChI is InChI=1S/C3H3NO.C2H6O2/c1-2-5-3-4-1;3-1-2-4/h1-3H;3-4H,1-2H2. The summed E-state index contributed by atoms with van der Waals surface area (Å²) >= 11 is 0. The van der Waals surface area contributed by atoms with Crippen LogP contribution in [-0.2, 0) is 0 Å². The van der Waals surface area contributed by atoms with E-state index < -0.39 is 0 Å². The van der Waals surface area contributed by atoms with Crippen molar-refractivity contribution in [3.63, 3.8) is 0 Å². The molecule has 0 saturated carbocycles. The Hall–Kier alpha value is -0.870. The molecule has 1 aromatic heterocycles. The van der Waals surface area contributed by atoms with Crippen molar-refractivity contribution >= 4 is 0 Å². The maximum Gasteiger partial charge on any atom is 0.180 e. The summed E-state index contributed by atoms with van der Waals surface area (Å²) in [7, 11) is 0. The summed E-state index contributed by atoms with van der Waals surface area (Å²) in [6.45, 7) is -0.250. The number of oxazole rings is 1. The Bertz CT molecular complexity index is 87.7. The van der Waals surface area contributed by atoms with Gasteiger partial charge in [-0.05, 0) is 0 Å². The molecule has 0 bridgehead atoms. The van der Waals surface area contributed by atoms with E-state index in [0.717, 1.165) is 0 Å². The fourth-order valence-electron chi connectivity index (χ4n) is 0.176. The lowest BCUT2D eigenvalue weighted by Gasteiger charge is -1.70. The predicted octanol–water partition coefficient (Wildman–Crippen LogP) is -0.354. The van der Waals surface area contributed by atoms with Crippen molar-refractivity contribution in [2.24, 2.45) is 0 Å². The summed E-state index contributed by atoms with van der Waals surface area (Å²) in [4.78, 5) is 3.56. The number of hydrogen-bond acceptors (Lipinski definition) is 4. The molecule has 0 saturated heterocycles. The van der Waals surface area contributed by atoms with Crippen molar-refractivity contribution in [1.82, 2.24) is 4.98 Å². The van der Waals surface area contributed by atoms with Crippen LogP contribution in [0.5, 0.6) is 0 Å². The molecule has 0 spiro atoms. The molecule has 4 nitrogen and oxygen atoms in total. The van der Waals surface area contributed by atoms with Gasteiger partial charge in [0.05, 0.1) is 19.4 Å². The number of aliphatic hydroxyl groups excluding tert-OH is 2. The number of nitrogens with zero attached hydrogens (tertiary/aromatic N) is 1. The first-order chi connectivity index (χ1) is 4.41. The highest BCUT2D eigenvalue weighted by Gasteiger charge is 1.59. The normalized spacial score (nSPS) is 7.78. The quantitative estimate of drug-likeness (QED) is 0.546. The summed E-state index contributed by atoms with van der Waals surface area (Å²) in [5.41, 5.74) is 0. The Kier molecular flexibility index (Phi) is 6.44. The van der Waals surface area contributed by atoms with Gasteiger partial charge in [0.15, 0.2) is 6.39 Å². The van der Waals surface area contributed by atoms with Gasteiger partial charge in [-0.1, -0.05) is 0 Å². The second-order valence-electron chi connectivity index (χ2n) is 1.12. The average Bonchev–Trinajstić information content (AvgIpc) is 2.43. The molecule has 0 atom stereocenters. The molecular weight excluding hydrogens is 122 g/mol. The van der Waals surface area contributed by atoms with Gasteiger partial charge in [0.25, 0.3) is 0 Å². The zero-order valence-corrected chi connectivity index (χ0v) is 4.90. The summed E-state index contributed by atoms with van der Waals surface area (Å²) in [5.74, 6) is 0. The highest BCUT2D eigenvalue weighted by molar-refractivity contribution is 4.56. The molecule has 0 aliphatic carbocycles. The molecule has 0 radical (unpaired) electrons. The Morgan fingerprint density at radius 1 is 1.33 bits per heavy atom. The third-order valence-corrected chi connectivity index (χ3v) is 0.447. The van der Waals surface area contributed by atoms with Gasteiger partial charge in [-0.25, -0.2) is 4.98 Å². The molecule has 0 aliphatic rings. The van der Waals surface area contributed by atoms with Crippen LogP contribution in [0.2, 0.25) is 0 Å². The fourth-order valence-corrected chi connectivity index (χ4v) is 0.176. The van der Waals surface area contributed by atoms with Crippen molar-refractivity contribution in [1.29, 1.82) is 0 Å². The summed E-state index contributed by atoms with van der Waals surface area (Å²) in [6, 6.07) is 0. The number of hydrogen-bond donors (Lipinski definition) is 2. The van der Waals surface area contributed by atoms with Gasteiger partial charge in [-0.3, -0.25) is 0 Å². The molecule has 0 fully saturated rings. The zero-order chi connectivity index (χ0) is 6.95. The molecule has 0 amide bonds. The third-order valence-electron chi connectivity index (χ3n) is 0.447. The predicted molar refractivity (Wildman–Crippen MR) is 30.7 cm³/mol. The molecule has 4 heteroatoms. The van der Waals surface area contributed by atoms with E-state index in [4.69, 9.17) is 10.2 Å². The smallest absolute Gasteiger partial charge is 0.180 e. The van der Waals surface area contributed by atoms with Crippen molar-refractivity contribution in [3.8, 4) is 0 Å². The van der Waals surface area contributed by atoms with Crippen molar-refractivity contribution in [3.05, 3.63) is 18.9 Å². The van der Waals surface area contributed by atoms with Crippen LogP contribution in [0.25, 0.3) is 0 Å². The zero-order valence-electron chi connectivity index (χ0n) is 4.90. The summed E-state index contributed by atoms with van der Waals surface area (Å²) in [5, 5.41) is 15.2. The molecular formula is C5H9NO3. The van der Waals surface area contributed by atoms with E-state index in [9.17, 15) is 0 Å². The Balaban J connectivity index is 0.000000148. The molecule has 52 valence electrons. The van der Waals surface area contributed by atoms with E-state index in [2.05, 4.69) is 9.40 Å². The summed E-state index contributed by atoms with van der Waals surface area (Å²) < 4.78 is 4.47. The summed E-state index contributed by atoms with van der Waals surface area (Å²) in [6.07, 6.45) is 4.47. The lowest BCUT2D eigenvalue weighted by molar-refractivity contribution is 0.186. The minimum Gasteiger partial charge on any atom is -0.452 e. The number of rotatable bonds is 1. The highest BCUT2D eigenvalue weighted by atomic mass is 16.3. The van der Waals surface area contributed by atoms with Crippen molar-refractivity contribution < 1.29 is 14.6 Å². The molecule has 0 unspecified atom stereocenters. The van der Waals surface area contributed by atoms with E-state index in [1.807, 2.05) is 0 Å². The largest absolute Gasteiger partial charge is 0.452 e. The van der Waals surface area contributed by atoms with Gasteiger partial charge in [0.2, 0.25) is 0 Å². The van der Waals surface area contributed by atoms with Gasteiger partial charge >= 0.3 is 0 Å². The molecule has 2 N–H and O–H groups in total. The van der Waals surface area contributed by atoms with Crippen LogP contribution >= 0.6 is 0 Å².